The first-order chi connectivity index (χ1) is 28.5. The summed E-state index contributed by atoms with van der Waals surface area (Å²) in [6.45, 7) is 1.30. The molecule has 0 aliphatic carbocycles. The largest absolute Gasteiger partial charge is 0.461 e. The number of alkyl halides is 4. The van der Waals surface area contributed by atoms with Gasteiger partial charge >= 0.3 is 17.8 Å². The van der Waals surface area contributed by atoms with Crippen molar-refractivity contribution in [1.29, 1.82) is 10.5 Å². The van der Waals surface area contributed by atoms with E-state index < -0.39 is 63.8 Å². The molecule has 0 fully saturated rings. The number of carbonyl (C=O) groups is 2. The monoisotopic (exact) mass is 923 g/mol. The third kappa shape index (κ3) is 13.7. The second-order valence-electron chi connectivity index (χ2n) is 11.6. The lowest BCUT2D eigenvalue weighted by Crippen LogP contribution is -2.29. The third-order valence-corrected chi connectivity index (χ3v) is 8.07. The van der Waals surface area contributed by atoms with Crippen molar-refractivity contribution in [1.82, 2.24) is 9.97 Å². The highest BCUT2D eigenvalue weighted by Gasteiger charge is 2.45. The van der Waals surface area contributed by atoms with E-state index in [0.29, 0.717) is 40.8 Å². The maximum Gasteiger partial charge on any atom is 0.384 e. The summed E-state index contributed by atoms with van der Waals surface area (Å²) < 4.78 is 123. The van der Waals surface area contributed by atoms with Crippen LogP contribution in [0.5, 0.6) is 23.0 Å². The lowest BCUT2D eigenvalue weighted by atomic mass is 10.0. The van der Waals surface area contributed by atoms with Crippen LogP contribution in [-0.2, 0) is 21.4 Å². The Balaban J connectivity index is 0.000000350. The predicted molar refractivity (Wildman–Crippen MR) is 213 cm³/mol. The molecule has 317 valence electrons. The van der Waals surface area contributed by atoms with Gasteiger partial charge in [0.25, 0.3) is 0 Å². The summed E-state index contributed by atoms with van der Waals surface area (Å²) in [6, 6.07) is 25.6. The lowest BCUT2D eigenvalue weighted by molar-refractivity contribution is -0.173. The number of Topliss-reactive ketones (excluding diaryl/α,β-unsaturated/α-hetero) is 1. The molecule has 3 radical (unpaired) electrons. The molecule has 0 aliphatic heterocycles. The molecular weight excluding hydrogens is 895 g/mol. The molecule has 19 heteroatoms. The first-order valence-corrected chi connectivity index (χ1v) is 17.6. The zero-order valence-corrected chi connectivity index (χ0v) is 32.6. The second kappa shape index (κ2) is 23.0. The van der Waals surface area contributed by atoms with E-state index in [1.807, 2.05) is 12.1 Å². The van der Waals surface area contributed by atoms with Crippen LogP contribution in [0.4, 0.5) is 35.1 Å². The Morgan fingerprint density at radius 2 is 1.05 bits per heavy atom. The Kier molecular flexibility index (Phi) is 19.0. The van der Waals surface area contributed by atoms with Crippen molar-refractivity contribution in [2.24, 2.45) is 0 Å². The number of hydrogen-bond acceptors (Lipinski definition) is 9. The molecule has 2 aromatic heterocycles. The molecular formula is C43H29BBrF8N4O5. The van der Waals surface area contributed by atoms with Crippen LogP contribution in [-0.4, -0.2) is 36.7 Å². The summed E-state index contributed by atoms with van der Waals surface area (Å²) >= 11 is 2.89. The maximum atomic E-state index is 14.4. The number of ketones is 1. The number of halogens is 9. The van der Waals surface area contributed by atoms with Crippen LogP contribution in [0.2, 0.25) is 0 Å². The van der Waals surface area contributed by atoms with Gasteiger partial charge in [0, 0.05) is 20.5 Å². The standard InChI is InChI=1S/C20H10F4N2O2.C16H12F2N2O3.C6H3BrF2.CH4.B/c21-13-3-7-16(17(22)9-13)19(27)20(23,24)18-8-6-15(11-26-18)28-14-4-1-12(10-25)2-5-14;1-2-22-15(21)16(17,18)14-8-7-13(10-20-14)23-12-5-3-11(9-19)4-6-12;7-5-2-1-4(8)3-6(5)9;;/h1-9,11H;3-8,10H,2H2,1H3;1-3H;1H4;. The highest BCUT2D eigenvalue weighted by molar-refractivity contribution is 9.10. The minimum atomic E-state index is -4.12. The summed E-state index contributed by atoms with van der Waals surface area (Å²) in [4.78, 5) is 30.3. The van der Waals surface area contributed by atoms with Gasteiger partial charge in [-0.05, 0) is 120 Å². The van der Waals surface area contributed by atoms with Crippen LogP contribution >= 0.6 is 15.9 Å². The van der Waals surface area contributed by atoms with Gasteiger partial charge in [-0.2, -0.15) is 28.1 Å². The predicted octanol–water partition coefficient (Wildman–Crippen LogP) is 11.4. The number of nitrogens with zero attached hydrogens (tertiary/aromatic N) is 4. The van der Waals surface area contributed by atoms with Gasteiger partial charge in [-0.1, -0.05) is 7.43 Å². The Bertz CT molecular complexity index is 2520. The molecule has 9 nitrogen and oxygen atoms in total. The molecule has 0 atom stereocenters. The number of carbonyl (C=O) groups excluding carboxylic acids is 2. The van der Waals surface area contributed by atoms with E-state index in [0.717, 1.165) is 30.6 Å². The lowest BCUT2D eigenvalue weighted by Gasteiger charge is -2.15. The van der Waals surface area contributed by atoms with E-state index in [9.17, 15) is 44.7 Å². The quantitative estimate of drug-likeness (QED) is 0.0432. The van der Waals surface area contributed by atoms with E-state index in [4.69, 9.17) is 20.0 Å². The van der Waals surface area contributed by atoms with E-state index in [2.05, 4.69) is 30.6 Å². The van der Waals surface area contributed by atoms with Crippen molar-refractivity contribution in [3.8, 4) is 35.1 Å². The van der Waals surface area contributed by atoms with Crippen LogP contribution in [0.15, 0.2) is 126 Å². The molecule has 0 spiro atoms. The van der Waals surface area contributed by atoms with Crippen LogP contribution < -0.4 is 9.47 Å². The fraction of sp³-hybridized carbons (Fsp3) is 0.116. The summed E-state index contributed by atoms with van der Waals surface area (Å²) in [5.74, 6) is -13.8. The Hall–Kier alpha value is -7.12. The molecule has 6 aromatic rings. The van der Waals surface area contributed by atoms with E-state index in [1.165, 1.54) is 55.5 Å². The van der Waals surface area contributed by atoms with Gasteiger partial charge in [-0.3, -0.25) is 14.8 Å². The molecule has 62 heavy (non-hydrogen) atoms. The van der Waals surface area contributed by atoms with Gasteiger partial charge in [0.05, 0.1) is 52.3 Å². The fourth-order valence-corrected chi connectivity index (χ4v) is 4.72. The van der Waals surface area contributed by atoms with Crippen molar-refractivity contribution in [3.63, 3.8) is 0 Å². The molecule has 0 saturated heterocycles. The van der Waals surface area contributed by atoms with Gasteiger partial charge in [0.1, 0.15) is 57.7 Å². The molecule has 4 aromatic carbocycles. The second-order valence-corrected chi connectivity index (χ2v) is 12.5. The molecule has 2 heterocycles. The van der Waals surface area contributed by atoms with Gasteiger partial charge in [0.15, 0.2) is 0 Å². The Morgan fingerprint density at radius 3 is 1.42 bits per heavy atom. The molecule has 6 rings (SSSR count). The highest BCUT2D eigenvalue weighted by Crippen LogP contribution is 2.33. The number of nitriles is 2. The maximum absolute atomic E-state index is 14.4. The SMILES string of the molecule is C.CCOC(=O)C(F)(F)c1ccc(Oc2ccc(C#N)cc2)cn1.Fc1ccc(Br)c(F)c1.N#Cc1ccc(Oc2ccc(C(F)(F)C(=O)c3ccc(F)cc3F)nc2)cc1.[B]. The summed E-state index contributed by atoms with van der Waals surface area (Å²) in [5, 5.41) is 17.4. The smallest absolute Gasteiger partial charge is 0.384 e. The van der Waals surface area contributed by atoms with E-state index in [-0.39, 0.29) is 38.4 Å². The summed E-state index contributed by atoms with van der Waals surface area (Å²) in [6.07, 6.45) is 2.07. The molecule has 0 unspecified atom stereocenters. The Morgan fingerprint density at radius 1 is 0.629 bits per heavy atom. The van der Waals surface area contributed by atoms with Crippen LogP contribution in [0, 0.1) is 45.9 Å². The number of esters is 1. The van der Waals surface area contributed by atoms with Crippen LogP contribution in [0.25, 0.3) is 0 Å². The zero-order valence-electron chi connectivity index (χ0n) is 31.1. The van der Waals surface area contributed by atoms with E-state index in [1.54, 1.807) is 24.3 Å². The normalized spacial score (nSPS) is 10.3. The third-order valence-electron chi connectivity index (χ3n) is 7.43. The van der Waals surface area contributed by atoms with Gasteiger partial charge in [-0.25, -0.2) is 22.4 Å². The zero-order chi connectivity index (χ0) is 44.0. The van der Waals surface area contributed by atoms with Gasteiger partial charge in [-0.15, -0.1) is 0 Å². The number of pyridine rings is 2. The molecule has 0 saturated carbocycles. The van der Waals surface area contributed by atoms with Gasteiger partial charge in [0.2, 0.25) is 5.78 Å². The topological polar surface area (TPSA) is 135 Å². The van der Waals surface area contributed by atoms with Crippen molar-refractivity contribution < 1.29 is 58.9 Å². The summed E-state index contributed by atoms with van der Waals surface area (Å²) in [7, 11) is 0. The number of rotatable bonds is 10. The first kappa shape index (κ1) is 51.0. The minimum absolute atomic E-state index is 0. The van der Waals surface area contributed by atoms with Crippen molar-refractivity contribution in [3.05, 3.63) is 177 Å². The van der Waals surface area contributed by atoms with Crippen molar-refractivity contribution in [2.75, 3.05) is 6.61 Å². The Labute approximate surface area is 359 Å². The van der Waals surface area contributed by atoms with Crippen LogP contribution in [0.3, 0.4) is 0 Å². The molecule has 0 N–H and O–H groups in total. The average molecular weight is 924 g/mol. The fourth-order valence-electron chi connectivity index (χ4n) is 4.48. The summed E-state index contributed by atoms with van der Waals surface area (Å²) in [5.41, 5.74) is -1.67. The van der Waals surface area contributed by atoms with Crippen molar-refractivity contribution >= 4 is 36.1 Å². The van der Waals surface area contributed by atoms with Crippen molar-refractivity contribution in [2.45, 2.75) is 26.2 Å². The average Bonchev–Trinajstić information content (AvgIpc) is 3.23. The molecule has 0 bridgehead atoms. The van der Waals surface area contributed by atoms with Gasteiger partial charge < -0.3 is 14.2 Å². The number of benzene rings is 4. The minimum Gasteiger partial charge on any atom is -0.461 e. The molecule has 0 amide bonds. The highest BCUT2D eigenvalue weighted by atomic mass is 79.9. The first-order valence-electron chi connectivity index (χ1n) is 16.8. The van der Waals surface area contributed by atoms with Crippen LogP contribution in [0.1, 0.15) is 47.2 Å². The number of hydrogen-bond donors (Lipinski definition) is 0. The number of ether oxygens (including phenoxy) is 3. The number of aromatic nitrogens is 2. The van der Waals surface area contributed by atoms with E-state index >= 15 is 0 Å². The molecule has 0 aliphatic rings.